The first kappa shape index (κ1) is 13.4. The van der Waals surface area contributed by atoms with E-state index >= 15 is 0 Å². The molecule has 0 aliphatic rings. The fraction of sp³-hybridized carbons (Fsp3) is 0.200. The Hall–Kier alpha value is -2.64. The molecule has 1 rings (SSSR count). The molecule has 0 heterocycles. The van der Waals surface area contributed by atoms with E-state index in [1.807, 2.05) is 0 Å². The second-order valence-electron chi connectivity index (χ2n) is 3.20. The summed E-state index contributed by atoms with van der Waals surface area (Å²) >= 11 is 0. The van der Waals surface area contributed by atoms with E-state index in [1.165, 1.54) is 0 Å². The lowest BCUT2D eigenvalue weighted by molar-refractivity contribution is -0.385. The first-order valence-corrected chi connectivity index (χ1v) is 4.71. The second-order valence-corrected chi connectivity index (χ2v) is 3.20. The van der Waals surface area contributed by atoms with Gasteiger partial charge in [-0.1, -0.05) is 0 Å². The maximum absolute atomic E-state index is 10.7. The van der Waals surface area contributed by atoms with Gasteiger partial charge >= 0.3 is 12.1 Å². The van der Waals surface area contributed by atoms with Crippen molar-refractivity contribution in [2.45, 2.75) is 13.5 Å². The lowest BCUT2D eigenvalue weighted by Gasteiger charge is -2.07. The number of esters is 1. The molecule has 0 unspecified atom stereocenters. The topological polar surface area (TPSA) is 116 Å². The average molecular weight is 255 g/mol. The van der Waals surface area contributed by atoms with Crippen LogP contribution < -0.4 is 4.74 Å². The first-order chi connectivity index (χ1) is 8.40. The van der Waals surface area contributed by atoms with Gasteiger partial charge in [0, 0.05) is 24.6 Å². The van der Waals surface area contributed by atoms with E-state index in [0.717, 1.165) is 25.1 Å². The van der Waals surface area contributed by atoms with E-state index in [0.29, 0.717) is 0 Å². The maximum atomic E-state index is 10.7. The zero-order valence-corrected chi connectivity index (χ0v) is 9.28. The molecule has 0 amide bonds. The molecule has 1 N–H and O–H groups in total. The maximum Gasteiger partial charge on any atom is 0.511 e. The Morgan fingerprint density at radius 1 is 1.44 bits per heavy atom. The number of hydrogen-bond donors (Lipinski definition) is 1. The smallest absolute Gasteiger partial charge is 0.461 e. The van der Waals surface area contributed by atoms with Gasteiger partial charge in [-0.15, -0.1) is 0 Å². The number of nitro groups is 1. The van der Waals surface area contributed by atoms with Crippen molar-refractivity contribution in [3.8, 4) is 5.75 Å². The van der Waals surface area contributed by atoms with Crippen LogP contribution in [0.3, 0.4) is 0 Å². The van der Waals surface area contributed by atoms with Gasteiger partial charge in [0.1, 0.15) is 12.4 Å². The van der Waals surface area contributed by atoms with E-state index in [-0.39, 0.29) is 23.6 Å². The van der Waals surface area contributed by atoms with Gasteiger partial charge in [-0.3, -0.25) is 14.9 Å². The van der Waals surface area contributed by atoms with Crippen LogP contribution in [0.5, 0.6) is 5.75 Å². The van der Waals surface area contributed by atoms with Crippen molar-refractivity contribution in [3.05, 3.63) is 33.9 Å². The van der Waals surface area contributed by atoms with Crippen molar-refractivity contribution < 1.29 is 29.1 Å². The number of ether oxygens (including phenoxy) is 2. The highest BCUT2D eigenvalue weighted by Gasteiger charge is 2.14. The molecule has 1 aromatic carbocycles. The summed E-state index contributed by atoms with van der Waals surface area (Å²) in [5.41, 5.74) is -0.156. The largest absolute Gasteiger partial charge is 0.511 e. The quantitative estimate of drug-likeness (QED) is 0.376. The molecule has 0 bridgehead atoms. The molecule has 0 saturated heterocycles. The van der Waals surface area contributed by atoms with Gasteiger partial charge < -0.3 is 14.6 Å². The molecular weight excluding hydrogens is 246 g/mol. The van der Waals surface area contributed by atoms with E-state index in [4.69, 9.17) is 5.11 Å². The van der Waals surface area contributed by atoms with Gasteiger partial charge in [0.15, 0.2) is 0 Å². The minimum Gasteiger partial charge on any atom is -0.461 e. The molecule has 0 aromatic heterocycles. The highest BCUT2D eigenvalue weighted by molar-refractivity contribution is 5.66. The highest BCUT2D eigenvalue weighted by Crippen LogP contribution is 2.25. The number of non-ortho nitro benzene ring substituents is 1. The second kappa shape index (κ2) is 5.62. The van der Waals surface area contributed by atoms with Crippen LogP contribution in [0.1, 0.15) is 12.5 Å². The predicted molar refractivity (Wildman–Crippen MR) is 57.2 cm³/mol. The van der Waals surface area contributed by atoms with Gasteiger partial charge in [-0.2, -0.15) is 0 Å². The zero-order chi connectivity index (χ0) is 13.7. The summed E-state index contributed by atoms with van der Waals surface area (Å²) < 4.78 is 9.07. The number of carbonyl (C=O) groups excluding carboxylic acids is 1. The third kappa shape index (κ3) is 3.74. The highest BCUT2D eigenvalue weighted by atomic mass is 16.7. The zero-order valence-electron chi connectivity index (χ0n) is 9.28. The average Bonchev–Trinajstić information content (AvgIpc) is 2.26. The van der Waals surface area contributed by atoms with Crippen molar-refractivity contribution in [2.24, 2.45) is 0 Å². The van der Waals surface area contributed by atoms with Crippen molar-refractivity contribution in [2.75, 3.05) is 0 Å². The number of carboxylic acid groups (broad SMARTS) is 1. The Bertz CT molecular complexity index is 497. The van der Waals surface area contributed by atoms with Crippen molar-refractivity contribution in [3.63, 3.8) is 0 Å². The number of nitro benzene ring substituents is 1. The van der Waals surface area contributed by atoms with Gasteiger partial charge in [-0.05, 0) is 6.07 Å². The summed E-state index contributed by atoms with van der Waals surface area (Å²) in [5, 5.41) is 19.0. The summed E-state index contributed by atoms with van der Waals surface area (Å²) in [6.45, 7) is 0.856. The predicted octanol–water partition coefficient (Wildman–Crippen LogP) is 1.71. The number of carbonyl (C=O) groups is 2. The summed E-state index contributed by atoms with van der Waals surface area (Å²) in [6, 6.07) is 3.31. The lowest BCUT2D eigenvalue weighted by Crippen LogP contribution is -2.07. The number of rotatable bonds is 4. The molecule has 1 aromatic rings. The number of nitrogens with zero attached hydrogens (tertiary/aromatic N) is 1. The van der Waals surface area contributed by atoms with Crippen LogP contribution in [0.4, 0.5) is 10.5 Å². The molecule has 0 aliphatic carbocycles. The summed E-state index contributed by atoms with van der Waals surface area (Å²) in [7, 11) is 0. The third-order valence-electron chi connectivity index (χ3n) is 1.88. The summed E-state index contributed by atoms with van der Waals surface area (Å²) in [5.74, 6) is -0.711. The standard InChI is InChI=1S/C10H9NO7/c1-6(12)17-5-7-4-8(11(15)16)2-3-9(7)18-10(13)14/h2-4H,5H2,1H3,(H,13,14). The Morgan fingerprint density at radius 2 is 2.11 bits per heavy atom. The molecule has 8 nitrogen and oxygen atoms in total. The van der Waals surface area contributed by atoms with Gasteiger partial charge in [0.05, 0.1) is 4.92 Å². The minimum absolute atomic E-state index is 0.0989. The van der Waals surface area contributed by atoms with E-state index in [1.54, 1.807) is 0 Å². The molecule has 0 aliphatic heterocycles. The Balaban J connectivity index is 3.04. The molecule has 0 spiro atoms. The number of benzene rings is 1. The molecule has 0 radical (unpaired) electrons. The Morgan fingerprint density at radius 3 is 2.61 bits per heavy atom. The van der Waals surface area contributed by atoms with Gasteiger partial charge in [-0.25, -0.2) is 4.79 Å². The van der Waals surface area contributed by atoms with Crippen LogP contribution in [-0.2, 0) is 16.1 Å². The van der Waals surface area contributed by atoms with Crippen LogP contribution >= 0.6 is 0 Å². The monoisotopic (exact) mass is 255 g/mol. The summed E-state index contributed by atoms with van der Waals surface area (Å²) in [6.07, 6.45) is -1.56. The molecule has 18 heavy (non-hydrogen) atoms. The SMILES string of the molecule is CC(=O)OCc1cc([N+](=O)[O-])ccc1OC(=O)O. The Kier molecular flexibility index (Phi) is 4.19. The molecule has 0 fully saturated rings. The fourth-order valence-electron chi connectivity index (χ4n) is 1.17. The fourth-order valence-corrected chi connectivity index (χ4v) is 1.17. The lowest BCUT2D eigenvalue weighted by atomic mass is 10.2. The molecule has 0 atom stereocenters. The Labute approximate surface area is 101 Å². The van der Waals surface area contributed by atoms with Crippen LogP contribution in [0.15, 0.2) is 18.2 Å². The van der Waals surface area contributed by atoms with Gasteiger partial charge in [0.2, 0.25) is 0 Å². The van der Waals surface area contributed by atoms with Crippen LogP contribution in [0.2, 0.25) is 0 Å². The van der Waals surface area contributed by atoms with Crippen molar-refractivity contribution >= 4 is 17.8 Å². The minimum atomic E-state index is -1.56. The normalized spacial score (nSPS) is 9.61. The van der Waals surface area contributed by atoms with Crippen LogP contribution in [0.25, 0.3) is 0 Å². The van der Waals surface area contributed by atoms with Crippen molar-refractivity contribution in [1.29, 1.82) is 0 Å². The van der Waals surface area contributed by atoms with Crippen LogP contribution in [-0.4, -0.2) is 22.2 Å². The van der Waals surface area contributed by atoms with E-state index in [2.05, 4.69) is 9.47 Å². The first-order valence-electron chi connectivity index (χ1n) is 4.71. The van der Waals surface area contributed by atoms with Gasteiger partial charge in [0.25, 0.3) is 5.69 Å². The summed E-state index contributed by atoms with van der Waals surface area (Å²) in [4.78, 5) is 31.0. The molecule has 0 saturated carbocycles. The van der Waals surface area contributed by atoms with E-state index < -0.39 is 17.0 Å². The molecule has 96 valence electrons. The molecular formula is C10H9NO7. The van der Waals surface area contributed by atoms with E-state index in [9.17, 15) is 19.7 Å². The van der Waals surface area contributed by atoms with Crippen LogP contribution in [0, 0.1) is 10.1 Å². The molecule has 8 heteroatoms. The van der Waals surface area contributed by atoms with Crippen molar-refractivity contribution in [1.82, 2.24) is 0 Å². The number of hydrogen-bond acceptors (Lipinski definition) is 6. The third-order valence-corrected chi connectivity index (χ3v) is 1.88.